The summed E-state index contributed by atoms with van der Waals surface area (Å²) < 4.78 is 0. The van der Waals surface area contributed by atoms with Gasteiger partial charge in [-0.3, -0.25) is 15.0 Å². The minimum Gasteiger partial charge on any atom is -0.381 e. The minimum atomic E-state index is 0.377. The summed E-state index contributed by atoms with van der Waals surface area (Å²) in [7, 11) is 2.21. The molecular weight excluding hydrogens is 468 g/mol. The normalized spacial score (nSPS) is 19.5. The van der Waals surface area contributed by atoms with Crippen LogP contribution in [-0.2, 0) is 6.42 Å². The topological polar surface area (TPSA) is 56.7 Å². The molecular formula is C32H38N6. The van der Waals surface area contributed by atoms with Crippen LogP contribution in [0.1, 0.15) is 43.4 Å². The van der Waals surface area contributed by atoms with Crippen molar-refractivity contribution >= 4 is 28.3 Å². The van der Waals surface area contributed by atoms with E-state index in [9.17, 15) is 0 Å². The first kappa shape index (κ1) is 24.8. The maximum Gasteiger partial charge on any atom is 0.0869 e. The van der Waals surface area contributed by atoms with Gasteiger partial charge in [0.05, 0.1) is 29.5 Å². The van der Waals surface area contributed by atoms with Crippen LogP contribution in [0.4, 0.5) is 17.1 Å². The molecule has 1 aromatic carbocycles. The Morgan fingerprint density at radius 3 is 2.58 bits per heavy atom. The van der Waals surface area contributed by atoms with Gasteiger partial charge in [-0.2, -0.15) is 0 Å². The van der Waals surface area contributed by atoms with Gasteiger partial charge >= 0.3 is 0 Å². The Hall–Kier alpha value is -3.51. The summed E-state index contributed by atoms with van der Waals surface area (Å²) in [6, 6.07) is 8.88. The fourth-order valence-electron chi connectivity index (χ4n) is 6.19. The highest BCUT2D eigenvalue weighted by molar-refractivity contribution is 6.29. The number of nitrogens with one attached hydrogen (secondary N) is 1. The van der Waals surface area contributed by atoms with Crippen LogP contribution < -0.4 is 10.2 Å². The van der Waals surface area contributed by atoms with Gasteiger partial charge in [0.15, 0.2) is 0 Å². The van der Waals surface area contributed by atoms with E-state index in [0.29, 0.717) is 5.92 Å². The van der Waals surface area contributed by atoms with E-state index in [2.05, 4.69) is 83.4 Å². The van der Waals surface area contributed by atoms with Crippen molar-refractivity contribution in [1.29, 1.82) is 0 Å². The van der Waals surface area contributed by atoms with E-state index in [1.165, 1.54) is 56.0 Å². The molecule has 3 aliphatic heterocycles. The predicted octanol–water partition coefficient (Wildman–Crippen LogP) is 6.15. The molecule has 196 valence electrons. The number of likely N-dealkylation sites (N-methyl/N-ethyl adjacent to an activating group) is 1. The summed E-state index contributed by atoms with van der Waals surface area (Å²) in [6.45, 7) is 11.9. The lowest BCUT2D eigenvalue weighted by atomic mass is 9.79. The van der Waals surface area contributed by atoms with E-state index in [1.54, 1.807) is 0 Å². The van der Waals surface area contributed by atoms with Crippen molar-refractivity contribution < 1.29 is 0 Å². The van der Waals surface area contributed by atoms with E-state index in [0.717, 1.165) is 57.7 Å². The van der Waals surface area contributed by atoms with Gasteiger partial charge in [0.1, 0.15) is 0 Å². The van der Waals surface area contributed by atoms with Gasteiger partial charge in [-0.15, -0.1) is 0 Å². The second kappa shape index (κ2) is 10.3. The third-order valence-electron chi connectivity index (χ3n) is 8.59. The second-order valence-corrected chi connectivity index (χ2v) is 10.9. The lowest BCUT2D eigenvalue weighted by molar-refractivity contribution is 0.312. The first-order valence-electron chi connectivity index (χ1n) is 14.1. The van der Waals surface area contributed by atoms with Gasteiger partial charge < -0.3 is 15.1 Å². The Kier molecular flexibility index (Phi) is 6.75. The molecule has 6 rings (SSSR count). The standard InChI is InChI=1S/C32H38N6/c1-5-22-15-25-29(19-34-20-30(25)38-13-11-37(4)12-14-38)36-32(22)31-23(6-2)17-35-28-8-7-24(16-26(28)31)27-18-33-10-9-21(27)3/h7-10,16,18-20,22,35H,5-6,11-15,17H2,1-4H3. The van der Waals surface area contributed by atoms with Gasteiger partial charge in [-0.25, -0.2) is 0 Å². The largest absolute Gasteiger partial charge is 0.381 e. The van der Waals surface area contributed by atoms with Crippen LogP contribution in [0.2, 0.25) is 0 Å². The highest BCUT2D eigenvalue weighted by Gasteiger charge is 2.32. The average Bonchev–Trinajstić information content (AvgIpc) is 2.96. The third kappa shape index (κ3) is 4.41. The van der Waals surface area contributed by atoms with Crippen LogP contribution in [0.15, 0.2) is 59.6 Å². The zero-order valence-corrected chi connectivity index (χ0v) is 23.1. The van der Waals surface area contributed by atoms with Crippen molar-refractivity contribution in [3.63, 3.8) is 0 Å². The molecule has 0 saturated carbocycles. The zero-order valence-electron chi connectivity index (χ0n) is 23.1. The van der Waals surface area contributed by atoms with Crippen LogP contribution in [0.5, 0.6) is 0 Å². The van der Waals surface area contributed by atoms with Crippen LogP contribution in [-0.4, -0.2) is 60.4 Å². The number of rotatable bonds is 5. The smallest absolute Gasteiger partial charge is 0.0869 e. The number of pyridine rings is 2. The lowest BCUT2D eigenvalue weighted by Crippen LogP contribution is -2.45. The number of piperazine rings is 1. The molecule has 0 bridgehead atoms. The highest BCUT2D eigenvalue weighted by atomic mass is 15.3. The maximum atomic E-state index is 5.43. The summed E-state index contributed by atoms with van der Waals surface area (Å²) in [5.74, 6) is 0.377. The number of hydrogen-bond acceptors (Lipinski definition) is 6. The van der Waals surface area contributed by atoms with Gasteiger partial charge in [0.2, 0.25) is 0 Å². The van der Waals surface area contributed by atoms with Crippen molar-refractivity contribution in [2.45, 2.75) is 40.0 Å². The van der Waals surface area contributed by atoms with E-state index in [-0.39, 0.29) is 0 Å². The number of nitrogens with zero attached hydrogens (tertiary/aromatic N) is 5. The molecule has 5 heterocycles. The lowest BCUT2D eigenvalue weighted by Gasteiger charge is -2.37. The molecule has 0 spiro atoms. The van der Waals surface area contributed by atoms with Crippen molar-refractivity contribution in [3.8, 4) is 11.1 Å². The Bertz CT molecular complexity index is 1410. The molecule has 0 radical (unpaired) electrons. The Labute approximate surface area is 226 Å². The van der Waals surface area contributed by atoms with Crippen molar-refractivity contribution in [2.75, 3.05) is 50.0 Å². The number of aromatic nitrogens is 2. The molecule has 6 nitrogen and oxygen atoms in total. The first-order valence-corrected chi connectivity index (χ1v) is 14.1. The van der Waals surface area contributed by atoms with Crippen LogP contribution in [0.25, 0.3) is 16.7 Å². The van der Waals surface area contributed by atoms with Crippen LogP contribution in [0, 0.1) is 12.8 Å². The molecule has 0 aliphatic carbocycles. The number of aliphatic imine (C=N–C) groups is 1. The number of aryl methyl sites for hydroxylation is 1. The van der Waals surface area contributed by atoms with E-state index < -0.39 is 0 Å². The Morgan fingerprint density at radius 1 is 0.974 bits per heavy atom. The van der Waals surface area contributed by atoms with Crippen molar-refractivity contribution in [2.24, 2.45) is 10.9 Å². The molecule has 1 fully saturated rings. The summed E-state index contributed by atoms with van der Waals surface area (Å²) in [4.78, 5) is 19.4. The number of anilines is 2. The molecule has 1 unspecified atom stereocenters. The molecule has 1 N–H and O–H groups in total. The fraction of sp³-hybridized carbons (Fsp3) is 0.406. The maximum absolute atomic E-state index is 5.43. The molecule has 6 heteroatoms. The van der Waals surface area contributed by atoms with E-state index >= 15 is 0 Å². The molecule has 3 aliphatic rings. The zero-order chi connectivity index (χ0) is 26.2. The number of allylic oxidation sites excluding steroid dienone is 1. The van der Waals surface area contributed by atoms with Gasteiger partial charge in [0.25, 0.3) is 0 Å². The molecule has 3 aromatic rings. The number of hydrogen-bond donors (Lipinski definition) is 1. The van der Waals surface area contributed by atoms with Crippen LogP contribution in [0.3, 0.4) is 0 Å². The van der Waals surface area contributed by atoms with Gasteiger partial charge in [-0.05, 0) is 68.1 Å². The Morgan fingerprint density at radius 2 is 1.82 bits per heavy atom. The third-order valence-corrected chi connectivity index (χ3v) is 8.59. The highest BCUT2D eigenvalue weighted by Crippen LogP contribution is 2.43. The number of benzene rings is 1. The summed E-state index contributed by atoms with van der Waals surface area (Å²) in [5, 5.41) is 3.68. The van der Waals surface area contributed by atoms with E-state index in [4.69, 9.17) is 4.99 Å². The first-order chi connectivity index (χ1) is 18.6. The number of fused-ring (bicyclic) bond motifs is 2. The quantitative estimate of drug-likeness (QED) is 0.450. The summed E-state index contributed by atoms with van der Waals surface area (Å²) >= 11 is 0. The van der Waals surface area contributed by atoms with Crippen molar-refractivity contribution in [1.82, 2.24) is 14.9 Å². The molecule has 1 saturated heterocycles. The average molecular weight is 507 g/mol. The molecule has 38 heavy (non-hydrogen) atoms. The summed E-state index contributed by atoms with van der Waals surface area (Å²) in [6.07, 6.45) is 11.0. The second-order valence-electron chi connectivity index (χ2n) is 10.9. The van der Waals surface area contributed by atoms with Gasteiger partial charge in [-0.1, -0.05) is 19.9 Å². The van der Waals surface area contributed by atoms with Crippen molar-refractivity contribution in [3.05, 3.63) is 71.3 Å². The molecule has 0 amide bonds. The fourth-order valence-corrected chi connectivity index (χ4v) is 6.19. The summed E-state index contributed by atoms with van der Waals surface area (Å²) in [5.41, 5.74) is 13.8. The molecule has 2 aromatic heterocycles. The minimum absolute atomic E-state index is 0.377. The molecule has 1 atom stereocenters. The monoisotopic (exact) mass is 506 g/mol. The SMILES string of the molecule is CCC1=C(C2=Nc3cncc(N4CCN(C)CC4)c3CC2CC)c2cc(-c3cnccc3C)ccc2NC1. The van der Waals surface area contributed by atoms with Crippen LogP contribution >= 0.6 is 0 Å². The van der Waals surface area contributed by atoms with E-state index in [1.807, 2.05) is 18.6 Å². The van der Waals surface area contributed by atoms with Gasteiger partial charge in [0, 0.05) is 79.0 Å². The predicted molar refractivity (Wildman–Crippen MR) is 159 cm³/mol. The Balaban J connectivity index is 1.47.